The number of hydrogen-bond donors (Lipinski definition) is 0. The molecule has 0 saturated heterocycles. The van der Waals surface area contributed by atoms with E-state index >= 15 is 0 Å². The number of rotatable bonds is 6. The largest absolute Gasteiger partial charge is 0.466 e. The summed E-state index contributed by atoms with van der Waals surface area (Å²) in [6, 6.07) is 26.3. The molecule has 6 heteroatoms. The third-order valence-corrected chi connectivity index (χ3v) is 5.63. The van der Waals surface area contributed by atoms with Gasteiger partial charge in [0.1, 0.15) is 5.76 Å². The third-order valence-electron chi connectivity index (χ3n) is 5.63. The zero-order chi connectivity index (χ0) is 23.4. The number of esters is 2. The van der Waals surface area contributed by atoms with Gasteiger partial charge in [-0.1, -0.05) is 91.0 Å². The molecule has 1 atom stereocenters. The van der Waals surface area contributed by atoms with Crippen molar-refractivity contribution < 1.29 is 28.6 Å². The minimum Gasteiger partial charge on any atom is -0.466 e. The minimum atomic E-state index is -2.23. The van der Waals surface area contributed by atoms with Crippen molar-refractivity contribution in [1.29, 1.82) is 0 Å². The van der Waals surface area contributed by atoms with Gasteiger partial charge >= 0.3 is 17.5 Å². The Morgan fingerprint density at radius 1 is 0.727 bits per heavy atom. The first-order valence-electron chi connectivity index (χ1n) is 10.3. The Balaban J connectivity index is 2.06. The zero-order valence-electron chi connectivity index (χ0n) is 18.2. The van der Waals surface area contributed by atoms with E-state index in [1.165, 1.54) is 0 Å². The lowest BCUT2D eigenvalue weighted by Gasteiger charge is -2.30. The summed E-state index contributed by atoms with van der Waals surface area (Å²) >= 11 is 0. The van der Waals surface area contributed by atoms with Crippen LogP contribution in [0.3, 0.4) is 0 Å². The molecule has 0 spiro atoms. The molecule has 1 heterocycles. The molecule has 0 fully saturated rings. The normalized spacial score (nSPS) is 16.6. The van der Waals surface area contributed by atoms with Crippen molar-refractivity contribution in [3.63, 3.8) is 0 Å². The quantitative estimate of drug-likeness (QED) is 0.324. The molecule has 33 heavy (non-hydrogen) atoms. The monoisotopic (exact) mass is 442 g/mol. The molecule has 0 N–H and O–H groups in total. The van der Waals surface area contributed by atoms with E-state index in [0.717, 1.165) is 14.2 Å². The van der Waals surface area contributed by atoms with E-state index in [4.69, 9.17) is 14.2 Å². The molecular weight excluding hydrogens is 420 g/mol. The van der Waals surface area contributed by atoms with E-state index in [9.17, 15) is 14.4 Å². The SMILES string of the molecule is COC(=O)C1(C(=O)OC)OC(c2ccccc2)=C(C(=O)c2ccccc2)C1c1ccccc1. The van der Waals surface area contributed by atoms with Gasteiger partial charge in [-0.15, -0.1) is 0 Å². The molecule has 0 aliphatic carbocycles. The average molecular weight is 442 g/mol. The van der Waals surface area contributed by atoms with E-state index < -0.39 is 23.5 Å². The Labute approximate surface area is 191 Å². The molecule has 0 aromatic heterocycles. The Kier molecular flexibility index (Phi) is 6.09. The van der Waals surface area contributed by atoms with Gasteiger partial charge in [-0.05, 0) is 5.56 Å². The number of ether oxygens (including phenoxy) is 3. The van der Waals surface area contributed by atoms with E-state index in [1.54, 1.807) is 84.9 Å². The second kappa shape index (κ2) is 9.12. The van der Waals surface area contributed by atoms with Crippen LogP contribution in [-0.2, 0) is 23.8 Å². The molecule has 0 bridgehead atoms. The molecule has 4 rings (SSSR count). The van der Waals surface area contributed by atoms with Crippen molar-refractivity contribution in [3.05, 3.63) is 113 Å². The number of benzene rings is 3. The van der Waals surface area contributed by atoms with Crippen LogP contribution in [-0.4, -0.2) is 37.5 Å². The lowest BCUT2D eigenvalue weighted by molar-refractivity contribution is -0.179. The van der Waals surface area contributed by atoms with E-state index in [2.05, 4.69) is 0 Å². The summed E-state index contributed by atoms with van der Waals surface area (Å²) in [5.41, 5.74) is -0.563. The standard InChI is InChI=1S/C27H22O6/c1-31-25(29)27(26(30)32-2)22(18-12-6-3-7-13-18)21(23(28)19-14-8-4-9-15-19)24(33-27)20-16-10-5-11-17-20/h3-17,22H,1-2H3. The third kappa shape index (κ3) is 3.69. The fraction of sp³-hybridized carbons (Fsp3) is 0.148. The molecule has 0 amide bonds. The smallest absolute Gasteiger partial charge is 0.363 e. The molecule has 166 valence electrons. The fourth-order valence-electron chi connectivity index (χ4n) is 4.14. The Morgan fingerprint density at radius 3 is 1.73 bits per heavy atom. The highest BCUT2D eigenvalue weighted by Crippen LogP contribution is 2.51. The van der Waals surface area contributed by atoms with Gasteiger partial charge in [-0.3, -0.25) is 4.79 Å². The predicted octanol–water partition coefficient (Wildman–Crippen LogP) is 4.18. The summed E-state index contributed by atoms with van der Waals surface area (Å²) < 4.78 is 16.2. The Bertz CT molecular complexity index is 1180. The topological polar surface area (TPSA) is 78.9 Å². The Hall–Kier alpha value is -4.19. The van der Waals surface area contributed by atoms with Crippen LogP contribution >= 0.6 is 0 Å². The number of hydrogen-bond acceptors (Lipinski definition) is 6. The second-order valence-electron chi connectivity index (χ2n) is 7.47. The maximum absolute atomic E-state index is 13.9. The summed E-state index contributed by atoms with van der Waals surface area (Å²) in [4.78, 5) is 40.3. The van der Waals surface area contributed by atoms with E-state index in [1.807, 2.05) is 6.07 Å². The van der Waals surface area contributed by atoms with Crippen LogP contribution in [0.4, 0.5) is 0 Å². The lowest BCUT2D eigenvalue weighted by atomic mass is 9.75. The number of ketones is 1. The van der Waals surface area contributed by atoms with Crippen LogP contribution in [0.5, 0.6) is 0 Å². The first-order chi connectivity index (χ1) is 16.0. The van der Waals surface area contributed by atoms with Gasteiger partial charge in [-0.2, -0.15) is 0 Å². The summed E-state index contributed by atoms with van der Waals surface area (Å²) in [5, 5.41) is 0. The highest BCUT2D eigenvalue weighted by atomic mass is 16.6. The van der Waals surface area contributed by atoms with Crippen molar-refractivity contribution in [2.24, 2.45) is 0 Å². The van der Waals surface area contributed by atoms with Crippen LogP contribution in [0.25, 0.3) is 5.76 Å². The summed E-state index contributed by atoms with van der Waals surface area (Å²) in [6.07, 6.45) is 0. The van der Waals surface area contributed by atoms with Gasteiger partial charge in [-0.25, -0.2) is 9.59 Å². The second-order valence-corrected chi connectivity index (χ2v) is 7.47. The average Bonchev–Trinajstić information content (AvgIpc) is 3.26. The molecule has 0 radical (unpaired) electrons. The number of Topliss-reactive ketones (excluding diaryl/α,β-unsaturated/α-hetero) is 1. The van der Waals surface area contributed by atoms with Gasteiger partial charge in [0.05, 0.1) is 25.7 Å². The zero-order valence-corrected chi connectivity index (χ0v) is 18.2. The van der Waals surface area contributed by atoms with E-state index in [-0.39, 0.29) is 17.1 Å². The number of carbonyl (C=O) groups excluding carboxylic acids is 3. The molecule has 1 aliphatic heterocycles. The van der Waals surface area contributed by atoms with Gasteiger partial charge in [0.2, 0.25) is 0 Å². The molecule has 1 aliphatic rings. The van der Waals surface area contributed by atoms with Crippen molar-refractivity contribution >= 4 is 23.5 Å². The van der Waals surface area contributed by atoms with Crippen molar-refractivity contribution in [1.82, 2.24) is 0 Å². The molecular formula is C27H22O6. The molecule has 3 aromatic carbocycles. The molecule has 0 saturated carbocycles. The maximum atomic E-state index is 13.9. The lowest BCUT2D eigenvalue weighted by Crippen LogP contribution is -2.53. The van der Waals surface area contributed by atoms with Crippen molar-refractivity contribution in [2.75, 3.05) is 14.2 Å². The van der Waals surface area contributed by atoms with Gasteiger partial charge in [0, 0.05) is 11.1 Å². The number of carbonyl (C=O) groups is 3. The summed E-state index contributed by atoms with van der Waals surface area (Å²) in [7, 11) is 2.33. The first-order valence-corrected chi connectivity index (χ1v) is 10.3. The van der Waals surface area contributed by atoms with Gasteiger partial charge in [0.15, 0.2) is 5.78 Å². The molecule has 1 unspecified atom stereocenters. The maximum Gasteiger partial charge on any atom is 0.363 e. The minimum absolute atomic E-state index is 0.133. The van der Waals surface area contributed by atoms with Gasteiger partial charge in [0.25, 0.3) is 0 Å². The van der Waals surface area contributed by atoms with Crippen LogP contribution < -0.4 is 0 Å². The van der Waals surface area contributed by atoms with Crippen molar-refractivity contribution in [2.45, 2.75) is 11.5 Å². The van der Waals surface area contributed by atoms with Crippen LogP contribution in [0.15, 0.2) is 96.6 Å². The van der Waals surface area contributed by atoms with Gasteiger partial charge < -0.3 is 14.2 Å². The predicted molar refractivity (Wildman–Crippen MR) is 121 cm³/mol. The van der Waals surface area contributed by atoms with Crippen molar-refractivity contribution in [3.8, 4) is 0 Å². The van der Waals surface area contributed by atoms with Crippen LogP contribution in [0.2, 0.25) is 0 Å². The Morgan fingerprint density at radius 2 is 1.21 bits per heavy atom. The highest BCUT2D eigenvalue weighted by molar-refractivity contribution is 6.19. The first kappa shape index (κ1) is 22.0. The van der Waals surface area contributed by atoms with E-state index in [0.29, 0.717) is 16.7 Å². The highest BCUT2D eigenvalue weighted by Gasteiger charge is 2.65. The number of methoxy groups -OCH3 is 2. The fourth-order valence-corrected chi connectivity index (χ4v) is 4.14. The molecule has 3 aromatic rings. The van der Waals surface area contributed by atoms with Crippen LogP contribution in [0, 0.1) is 0 Å². The molecule has 6 nitrogen and oxygen atoms in total. The summed E-state index contributed by atoms with van der Waals surface area (Å²) in [5.74, 6) is -3.23. The van der Waals surface area contributed by atoms with Crippen LogP contribution in [0.1, 0.15) is 27.4 Å². The summed E-state index contributed by atoms with van der Waals surface area (Å²) in [6.45, 7) is 0.